The van der Waals surface area contributed by atoms with Crippen molar-refractivity contribution in [3.05, 3.63) is 117 Å². The third-order valence-electron chi connectivity index (χ3n) is 9.12. The Morgan fingerprint density at radius 2 is 1.58 bits per heavy atom. The topological polar surface area (TPSA) is 91.7 Å². The highest BCUT2D eigenvalue weighted by Crippen LogP contribution is 2.37. The lowest BCUT2D eigenvalue weighted by Gasteiger charge is -2.44. The number of esters is 1. The minimum Gasteiger partial charge on any atom is -0.454 e. The van der Waals surface area contributed by atoms with E-state index in [-0.39, 0.29) is 51.8 Å². The Labute approximate surface area is 311 Å². The van der Waals surface area contributed by atoms with Gasteiger partial charge < -0.3 is 18.9 Å². The second kappa shape index (κ2) is 17.0. The summed E-state index contributed by atoms with van der Waals surface area (Å²) >= 11 is 12.8. The van der Waals surface area contributed by atoms with E-state index >= 15 is 4.39 Å². The molecular weight excluding hydrogens is 748 g/mol. The molecule has 3 aliphatic heterocycles. The number of anilines is 1. The van der Waals surface area contributed by atoms with Crippen LogP contribution in [0.5, 0.6) is 11.5 Å². The third-order valence-corrected chi connectivity index (χ3v) is 9.80. The summed E-state index contributed by atoms with van der Waals surface area (Å²) in [5, 5.41) is 0.334. The van der Waals surface area contributed by atoms with E-state index < -0.39 is 48.7 Å². The Kier molecular flexibility index (Phi) is 12.2. The van der Waals surface area contributed by atoms with E-state index in [2.05, 4.69) is 19.4 Å². The molecule has 53 heavy (non-hydrogen) atoms. The molecule has 0 saturated carbocycles. The van der Waals surface area contributed by atoms with Gasteiger partial charge in [0, 0.05) is 18.5 Å². The van der Waals surface area contributed by atoms with Gasteiger partial charge in [-0.25, -0.2) is 19.0 Å². The second-order valence-electron chi connectivity index (χ2n) is 12.5. The normalized spacial score (nSPS) is 18.5. The number of H-pyrrole nitrogens is 1. The molecule has 0 radical (unpaired) electrons. The molecule has 7 rings (SSSR count). The van der Waals surface area contributed by atoms with Gasteiger partial charge in [0.25, 0.3) is 0 Å². The molecule has 3 aromatic carbocycles. The van der Waals surface area contributed by atoms with Crippen LogP contribution >= 0.6 is 23.2 Å². The van der Waals surface area contributed by atoms with Gasteiger partial charge in [-0.3, -0.25) is 9.80 Å². The average Bonchev–Trinajstić information content (AvgIpc) is 3.13. The molecule has 0 aliphatic carbocycles. The number of carbonyl (C=O) groups excluding carboxylic acids is 2. The quantitative estimate of drug-likeness (QED) is 0.0993. The number of halogens is 7. The van der Waals surface area contributed by atoms with E-state index in [0.717, 1.165) is 38.1 Å². The number of amides is 1. The third kappa shape index (κ3) is 9.48. The molecule has 1 amide bonds. The fraction of sp³-hybridized carbons (Fsp3) is 0.324. The van der Waals surface area contributed by atoms with Gasteiger partial charge in [0.05, 0.1) is 17.8 Å². The van der Waals surface area contributed by atoms with E-state index in [4.69, 9.17) is 32.7 Å². The Hall–Kier alpha value is -4.66. The monoisotopic (exact) mass is 780 g/mol. The van der Waals surface area contributed by atoms with Crippen molar-refractivity contribution in [2.24, 2.45) is 5.92 Å². The molecule has 4 heterocycles. The first-order valence-corrected chi connectivity index (χ1v) is 17.3. The Morgan fingerprint density at radius 1 is 0.887 bits per heavy atom. The average molecular weight is 782 g/mol. The van der Waals surface area contributed by atoms with Crippen LogP contribution in [0.3, 0.4) is 0 Å². The van der Waals surface area contributed by atoms with Crippen LogP contribution in [-0.4, -0.2) is 55.9 Å². The standard InChI is InChI=1S/C37H32Cl2F5N3O6/c38-26-17-45-18-27(39)25(26)16-31(23-8-9-30(51-35(41)42)32(15-23)52-36(43)44)50-34(48)24-5-3-4-21(14-24)19-47(29-7-2-1-6-28(29)40)37(49)53-33-20-46-12-10-22(33)11-13-46/h1-9,14-15,17-18,22,31,33,35-36H,10-13,16,19-20H2/p+1/t31-,33+/m1/s1. The van der Waals surface area contributed by atoms with Gasteiger partial charge in [0.15, 0.2) is 23.9 Å². The summed E-state index contributed by atoms with van der Waals surface area (Å²) in [5.74, 6) is -2.71. The minimum atomic E-state index is -3.39. The van der Waals surface area contributed by atoms with Crippen molar-refractivity contribution in [1.82, 2.24) is 4.90 Å². The smallest absolute Gasteiger partial charge is 0.415 e. The van der Waals surface area contributed by atoms with Gasteiger partial charge in [-0.05, 0) is 79.4 Å². The molecule has 16 heteroatoms. The zero-order chi connectivity index (χ0) is 37.6. The maximum absolute atomic E-state index is 15.1. The van der Waals surface area contributed by atoms with Gasteiger partial charge in [-0.1, -0.05) is 53.5 Å². The van der Waals surface area contributed by atoms with Crippen LogP contribution in [0, 0.1) is 11.7 Å². The Bertz CT molecular complexity index is 1910. The fourth-order valence-electron chi connectivity index (χ4n) is 6.52. The van der Waals surface area contributed by atoms with Crippen molar-refractivity contribution < 1.29 is 55.5 Å². The first kappa shape index (κ1) is 38.1. The summed E-state index contributed by atoms with van der Waals surface area (Å²) in [6.07, 6.45) is 2.14. The largest absolute Gasteiger partial charge is 0.454 e. The number of aromatic amines is 1. The number of rotatable bonds is 13. The van der Waals surface area contributed by atoms with E-state index in [9.17, 15) is 27.2 Å². The van der Waals surface area contributed by atoms with E-state index in [0.29, 0.717) is 17.7 Å². The number of hydrogen-bond acceptors (Lipinski definition) is 7. The summed E-state index contributed by atoms with van der Waals surface area (Å²) < 4.78 is 88.3. The number of para-hydroxylation sites is 1. The molecule has 1 N–H and O–H groups in total. The minimum absolute atomic E-state index is 0.0122. The molecule has 2 bridgehead atoms. The predicted octanol–water partition coefficient (Wildman–Crippen LogP) is 8.53. The molecule has 3 saturated heterocycles. The van der Waals surface area contributed by atoms with Crippen LogP contribution in [0.2, 0.25) is 10.0 Å². The lowest BCUT2D eigenvalue weighted by atomic mass is 9.86. The number of nitrogens with zero attached hydrogens (tertiary/aromatic N) is 2. The molecule has 3 fully saturated rings. The van der Waals surface area contributed by atoms with Crippen molar-refractivity contribution in [2.75, 3.05) is 24.5 Å². The second-order valence-corrected chi connectivity index (χ2v) is 13.3. The first-order chi connectivity index (χ1) is 25.4. The summed E-state index contributed by atoms with van der Waals surface area (Å²) in [6, 6.07) is 15.1. The molecule has 9 nitrogen and oxygen atoms in total. The fourth-order valence-corrected chi connectivity index (χ4v) is 7.06. The number of ether oxygens (including phenoxy) is 4. The maximum Gasteiger partial charge on any atom is 0.415 e. The van der Waals surface area contributed by atoms with Crippen LogP contribution in [-0.2, 0) is 22.4 Å². The number of benzene rings is 3. The molecule has 3 aliphatic rings. The van der Waals surface area contributed by atoms with Gasteiger partial charge in [-0.15, -0.1) is 0 Å². The Morgan fingerprint density at radius 3 is 2.25 bits per heavy atom. The molecule has 280 valence electrons. The SMILES string of the molecule is O=C(O[C@H](Cc1c(Cl)c[nH+]cc1Cl)c1ccc(OC(F)F)c(OC(F)F)c1)c1cccc(CN(C(=O)O[C@H]2CN3CCC2CC3)c2ccccc2F)c1. The number of piperidine rings is 3. The van der Waals surface area contributed by atoms with Crippen molar-refractivity contribution >= 4 is 41.0 Å². The summed E-state index contributed by atoms with van der Waals surface area (Å²) in [7, 11) is 0. The van der Waals surface area contributed by atoms with E-state index in [1.54, 1.807) is 18.2 Å². The summed E-state index contributed by atoms with van der Waals surface area (Å²) in [5.41, 5.74) is 0.822. The lowest BCUT2D eigenvalue weighted by molar-refractivity contribution is -0.377. The highest BCUT2D eigenvalue weighted by atomic mass is 35.5. The number of fused-ring (bicyclic) bond motifs is 3. The highest BCUT2D eigenvalue weighted by molar-refractivity contribution is 6.35. The lowest BCUT2D eigenvalue weighted by Crippen LogP contribution is -2.53. The summed E-state index contributed by atoms with van der Waals surface area (Å²) in [4.78, 5) is 33.6. The Balaban J connectivity index is 1.27. The molecule has 2 atom stereocenters. The highest BCUT2D eigenvalue weighted by Gasteiger charge is 2.38. The number of pyridine rings is 1. The van der Waals surface area contributed by atoms with Crippen LogP contribution in [0.4, 0.5) is 32.4 Å². The zero-order valence-corrected chi connectivity index (χ0v) is 29.3. The van der Waals surface area contributed by atoms with Gasteiger partial charge in [0.1, 0.15) is 28.1 Å². The maximum atomic E-state index is 15.1. The molecule has 4 aromatic rings. The number of aromatic nitrogens is 1. The molecule has 0 unspecified atom stereocenters. The van der Waals surface area contributed by atoms with Gasteiger partial charge in [-0.2, -0.15) is 17.6 Å². The predicted molar refractivity (Wildman–Crippen MR) is 183 cm³/mol. The summed E-state index contributed by atoms with van der Waals surface area (Å²) in [6.45, 7) is -4.42. The van der Waals surface area contributed by atoms with Crippen molar-refractivity contribution in [3.8, 4) is 11.5 Å². The number of carbonyl (C=O) groups is 2. The molecular formula is C37H33Cl2F5N3O6+. The van der Waals surface area contributed by atoms with Crippen LogP contribution in [0.1, 0.15) is 46.0 Å². The van der Waals surface area contributed by atoms with Crippen molar-refractivity contribution in [2.45, 2.75) is 51.2 Å². The first-order valence-electron chi connectivity index (χ1n) is 16.6. The van der Waals surface area contributed by atoms with E-state index in [1.807, 2.05) is 0 Å². The number of alkyl halides is 4. The van der Waals surface area contributed by atoms with Crippen LogP contribution in [0.15, 0.2) is 79.1 Å². The van der Waals surface area contributed by atoms with Gasteiger partial charge >= 0.3 is 25.3 Å². The number of hydrogen-bond donors (Lipinski definition) is 0. The van der Waals surface area contributed by atoms with Crippen molar-refractivity contribution in [3.63, 3.8) is 0 Å². The zero-order valence-electron chi connectivity index (χ0n) is 27.8. The van der Waals surface area contributed by atoms with Crippen LogP contribution in [0.25, 0.3) is 0 Å². The number of nitrogens with one attached hydrogen (secondary N) is 1. The molecule has 0 spiro atoms. The molecule has 1 aromatic heterocycles. The van der Waals surface area contributed by atoms with Gasteiger partial charge in [0.2, 0.25) is 0 Å². The van der Waals surface area contributed by atoms with Crippen LogP contribution < -0.4 is 19.4 Å². The van der Waals surface area contributed by atoms with E-state index in [1.165, 1.54) is 53.7 Å². The van der Waals surface area contributed by atoms with Crippen molar-refractivity contribution in [1.29, 1.82) is 0 Å².